The van der Waals surface area contributed by atoms with Gasteiger partial charge in [-0.2, -0.15) is 0 Å². The molecule has 5 heteroatoms. The van der Waals surface area contributed by atoms with Crippen LogP contribution in [0.5, 0.6) is 5.75 Å². The summed E-state index contributed by atoms with van der Waals surface area (Å²) >= 11 is 0. The van der Waals surface area contributed by atoms with Crippen LogP contribution < -0.4 is 4.74 Å². The largest absolute Gasteiger partial charge is 0.481 e. The van der Waals surface area contributed by atoms with Crippen LogP contribution in [0.1, 0.15) is 39.2 Å². The monoisotopic (exact) mass is 253 g/mol. The lowest BCUT2D eigenvalue weighted by molar-refractivity contribution is -0.387. The average molecular weight is 253 g/mol. The molecule has 0 bridgehead atoms. The Morgan fingerprint density at radius 3 is 2.50 bits per heavy atom. The molecule has 0 aliphatic heterocycles. The van der Waals surface area contributed by atoms with E-state index in [1.807, 2.05) is 20.8 Å². The van der Waals surface area contributed by atoms with Gasteiger partial charge in [-0.15, -0.1) is 0 Å². The van der Waals surface area contributed by atoms with E-state index in [-0.39, 0.29) is 24.0 Å². The highest BCUT2D eigenvalue weighted by molar-refractivity contribution is 5.54. The van der Waals surface area contributed by atoms with Gasteiger partial charge in [0, 0.05) is 18.1 Å². The molecule has 0 aliphatic rings. The number of hydrogen-bond donors (Lipinski definition) is 1. The van der Waals surface area contributed by atoms with Gasteiger partial charge in [0.25, 0.3) is 0 Å². The lowest BCUT2D eigenvalue weighted by atomic mass is 9.99. The zero-order valence-electron chi connectivity index (χ0n) is 11.1. The second-order valence-electron chi connectivity index (χ2n) is 5.25. The molecule has 1 aromatic rings. The smallest absolute Gasteiger partial charge is 0.314 e. The number of rotatable bonds is 4. The second-order valence-corrected chi connectivity index (χ2v) is 5.25. The Bertz CT molecular complexity index is 437. The second kappa shape index (κ2) is 5.35. The highest BCUT2D eigenvalue weighted by Crippen LogP contribution is 2.36. The van der Waals surface area contributed by atoms with Gasteiger partial charge in [0.1, 0.15) is 5.60 Å². The van der Waals surface area contributed by atoms with E-state index >= 15 is 0 Å². The summed E-state index contributed by atoms with van der Waals surface area (Å²) in [5.41, 5.74) is -0.0792. The molecule has 0 spiro atoms. The van der Waals surface area contributed by atoms with Crippen molar-refractivity contribution in [3.63, 3.8) is 0 Å². The van der Waals surface area contributed by atoms with Gasteiger partial charge in [-0.3, -0.25) is 10.1 Å². The molecule has 18 heavy (non-hydrogen) atoms. The Labute approximate surface area is 107 Å². The van der Waals surface area contributed by atoms with Crippen LogP contribution in [0, 0.1) is 10.1 Å². The van der Waals surface area contributed by atoms with Gasteiger partial charge < -0.3 is 9.84 Å². The molecule has 1 unspecified atom stereocenters. The highest BCUT2D eigenvalue weighted by Gasteiger charge is 2.26. The van der Waals surface area contributed by atoms with Crippen LogP contribution in [-0.4, -0.2) is 22.2 Å². The number of nitro groups is 1. The molecule has 1 N–H and O–H groups in total. The fourth-order valence-corrected chi connectivity index (χ4v) is 1.64. The van der Waals surface area contributed by atoms with Crippen molar-refractivity contribution in [2.45, 2.75) is 39.2 Å². The number of nitrogens with zero attached hydrogens (tertiary/aromatic N) is 1. The minimum atomic E-state index is -0.508. The molecule has 0 saturated heterocycles. The fourth-order valence-electron chi connectivity index (χ4n) is 1.64. The summed E-state index contributed by atoms with van der Waals surface area (Å²) in [5.74, 6) is -0.0563. The van der Waals surface area contributed by atoms with Crippen molar-refractivity contribution >= 4 is 5.69 Å². The Morgan fingerprint density at radius 2 is 2.06 bits per heavy atom. The van der Waals surface area contributed by atoms with E-state index in [2.05, 4.69) is 0 Å². The summed E-state index contributed by atoms with van der Waals surface area (Å²) in [7, 11) is 0. The van der Waals surface area contributed by atoms with E-state index in [1.165, 1.54) is 0 Å². The summed E-state index contributed by atoms with van der Waals surface area (Å²) in [4.78, 5) is 10.7. The third kappa shape index (κ3) is 3.43. The van der Waals surface area contributed by atoms with Gasteiger partial charge in [0.05, 0.1) is 4.92 Å². The normalized spacial score (nSPS) is 13.2. The third-order valence-corrected chi connectivity index (χ3v) is 2.43. The van der Waals surface area contributed by atoms with Gasteiger partial charge in [-0.1, -0.05) is 19.1 Å². The summed E-state index contributed by atoms with van der Waals surface area (Å²) in [6, 6.07) is 4.93. The molecule has 0 saturated carbocycles. The van der Waals surface area contributed by atoms with E-state index in [0.717, 1.165) is 0 Å². The topological polar surface area (TPSA) is 72.6 Å². The minimum absolute atomic E-state index is 0.0611. The lowest BCUT2D eigenvalue weighted by Crippen LogP contribution is -2.23. The van der Waals surface area contributed by atoms with Gasteiger partial charge in [0.2, 0.25) is 0 Å². The molecule has 100 valence electrons. The average Bonchev–Trinajstić information content (AvgIpc) is 2.25. The number of para-hydroxylation sites is 1. The number of benzene rings is 1. The first-order valence-electron chi connectivity index (χ1n) is 5.83. The molecular formula is C13H19NO4. The SMILES string of the molecule is CC(CO)c1cccc(OC(C)(C)C)c1[N+](=O)[O-]. The standard InChI is InChI=1S/C13H19NO4/c1-9(8-15)10-6-5-7-11(12(10)14(16)17)18-13(2,3)4/h5-7,9,15H,8H2,1-4H3. The zero-order valence-corrected chi connectivity index (χ0v) is 11.1. The summed E-state index contributed by atoms with van der Waals surface area (Å²) < 4.78 is 5.61. The van der Waals surface area contributed by atoms with Crippen LogP contribution in [-0.2, 0) is 0 Å². The maximum atomic E-state index is 11.2. The first kappa shape index (κ1) is 14.4. The van der Waals surface area contributed by atoms with Crippen LogP contribution in [0.15, 0.2) is 18.2 Å². The van der Waals surface area contributed by atoms with E-state index in [4.69, 9.17) is 9.84 Å². The number of ether oxygens (including phenoxy) is 1. The van der Waals surface area contributed by atoms with Crippen molar-refractivity contribution in [3.05, 3.63) is 33.9 Å². The maximum absolute atomic E-state index is 11.2. The van der Waals surface area contributed by atoms with Crippen molar-refractivity contribution in [2.75, 3.05) is 6.61 Å². The van der Waals surface area contributed by atoms with Crippen molar-refractivity contribution in [2.24, 2.45) is 0 Å². The highest BCUT2D eigenvalue weighted by atomic mass is 16.6. The van der Waals surface area contributed by atoms with E-state index < -0.39 is 10.5 Å². The number of hydrogen-bond acceptors (Lipinski definition) is 4. The maximum Gasteiger partial charge on any atom is 0.314 e. The van der Waals surface area contributed by atoms with Gasteiger partial charge in [0.15, 0.2) is 5.75 Å². The van der Waals surface area contributed by atoms with Gasteiger partial charge in [-0.25, -0.2) is 0 Å². The summed E-state index contributed by atoms with van der Waals surface area (Å²) in [5, 5.41) is 20.3. The Morgan fingerprint density at radius 1 is 1.44 bits per heavy atom. The van der Waals surface area contributed by atoms with Gasteiger partial charge in [-0.05, 0) is 26.8 Å². The quantitative estimate of drug-likeness (QED) is 0.661. The van der Waals surface area contributed by atoms with Crippen LogP contribution in [0.25, 0.3) is 0 Å². The van der Waals surface area contributed by atoms with E-state index in [1.54, 1.807) is 25.1 Å². The van der Waals surface area contributed by atoms with Gasteiger partial charge >= 0.3 is 5.69 Å². The summed E-state index contributed by atoms with van der Waals surface area (Å²) in [6.07, 6.45) is 0. The minimum Gasteiger partial charge on any atom is -0.481 e. The predicted molar refractivity (Wildman–Crippen MR) is 69.0 cm³/mol. The molecule has 0 fully saturated rings. The Balaban J connectivity index is 3.30. The van der Waals surface area contributed by atoms with E-state index in [9.17, 15) is 10.1 Å². The van der Waals surface area contributed by atoms with Crippen molar-refractivity contribution < 1.29 is 14.8 Å². The number of aliphatic hydroxyl groups is 1. The fraction of sp³-hybridized carbons (Fsp3) is 0.538. The molecule has 0 aliphatic carbocycles. The molecule has 1 atom stereocenters. The molecule has 0 aromatic heterocycles. The van der Waals surface area contributed by atoms with Crippen LogP contribution in [0.4, 0.5) is 5.69 Å². The first-order chi connectivity index (χ1) is 8.26. The Hall–Kier alpha value is -1.62. The molecule has 1 rings (SSSR count). The predicted octanol–water partition coefficient (Wildman–Crippen LogP) is 2.87. The number of aliphatic hydroxyl groups excluding tert-OH is 1. The van der Waals surface area contributed by atoms with Crippen molar-refractivity contribution in [3.8, 4) is 5.75 Å². The lowest BCUT2D eigenvalue weighted by Gasteiger charge is -2.22. The van der Waals surface area contributed by atoms with Crippen LogP contribution in [0.3, 0.4) is 0 Å². The molecule has 1 aromatic carbocycles. The van der Waals surface area contributed by atoms with Crippen molar-refractivity contribution in [1.29, 1.82) is 0 Å². The van der Waals surface area contributed by atoms with Crippen molar-refractivity contribution in [1.82, 2.24) is 0 Å². The zero-order chi connectivity index (χ0) is 13.9. The van der Waals surface area contributed by atoms with Crippen LogP contribution >= 0.6 is 0 Å². The molecule has 0 radical (unpaired) electrons. The van der Waals surface area contributed by atoms with Crippen LogP contribution in [0.2, 0.25) is 0 Å². The Kier molecular flexibility index (Phi) is 4.29. The molecule has 0 amide bonds. The number of nitro benzene ring substituents is 1. The first-order valence-corrected chi connectivity index (χ1v) is 5.83. The molecule has 5 nitrogen and oxygen atoms in total. The third-order valence-electron chi connectivity index (χ3n) is 2.43. The van der Waals surface area contributed by atoms with E-state index in [0.29, 0.717) is 5.56 Å². The molecular weight excluding hydrogens is 234 g/mol. The summed E-state index contributed by atoms with van der Waals surface area (Å²) in [6.45, 7) is 7.10. The molecule has 0 heterocycles.